The van der Waals surface area contributed by atoms with Crippen LogP contribution in [0, 0.1) is 0 Å². The van der Waals surface area contributed by atoms with Crippen molar-refractivity contribution in [1.82, 2.24) is 9.80 Å². The number of hydrogen-bond donors (Lipinski definition) is 0. The largest absolute Gasteiger partial charge is 0.368 e. The van der Waals surface area contributed by atoms with Crippen LogP contribution < -0.4 is 4.90 Å². The molecule has 0 spiro atoms. The average Bonchev–Trinajstić information content (AvgIpc) is 2.54. The highest BCUT2D eigenvalue weighted by atomic mass is 32.2. The first-order valence-electron chi connectivity index (χ1n) is 8.97. The smallest absolute Gasteiger partial charge is 0.180 e. The molecular weight excluding hydrogens is 322 g/mol. The SMILES string of the molecule is CCN1CCN(C2CN(c3cccc(S(=O)(=O)C(C)C)c3)C2)CC1. The summed E-state index contributed by atoms with van der Waals surface area (Å²) in [5.41, 5.74) is 1.03. The summed E-state index contributed by atoms with van der Waals surface area (Å²) in [7, 11) is -3.20. The Bertz CT molecular complexity index is 661. The normalized spacial score (nSPS) is 21.2. The van der Waals surface area contributed by atoms with Gasteiger partial charge in [0.05, 0.1) is 10.1 Å². The van der Waals surface area contributed by atoms with Crippen LogP contribution in [0.1, 0.15) is 20.8 Å². The van der Waals surface area contributed by atoms with Gasteiger partial charge < -0.3 is 9.80 Å². The lowest BCUT2D eigenvalue weighted by Crippen LogP contribution is -2.63. The predicted molar refractivity (Wildman–Crippen MR) is 98.5 cm³/mol. The third-order valence-corrected chi connectivity index (χ3v) is 7.52. The van der Waals surface area contributed by atoms with Crippen LogP contribution in [0.15, 0.2) is 29.2 Å². The summed E-state index contributed by atoms with van der Waals surface area (Å²) in [4.78, 5) is 7.80. The van der Waals surface area contributed by atoms with E-state index in [0.717, 1.165) is 51.5 Å². The summed E-state index contributed by atoms with van der Waals surface area (Å²) in [6.07, 6.45) is 0. The molecule has 2 aliphatic heterocycles. The van der Waals surface area contributed by atoms with Gasteiger partial charge in [-0.3, -0.25) is 4.90 Å². The van der Waals surface area contributed by atoms with E-state index >= 15 is 0 Å². The van der Waals surface area contributed by atoms with Crippen LogP contribution in [0.2, 0.25) is 0 Å². The molecule has 2 saturated heterocycles. The first kappa shape index (κ1) is 17.7. The summed E-state index contributed by atoms with van der Waals surface area (Å²) in [6, 6.07) is 8.03. The molecule has 24 heavy (non-hydrogen) atoms. The maximum absolute atomic E-state index is 12.4. The first-order chi connectivity index (χ1) is 11.4. The van der Waals surface area contributed by atoms with Gasteiger partial charge >= 0.3 is 0 Å². The van der Waals surface area contributed by atoms with Crippen molar-refractivity contribution < 1.29 is 8.42 Å². The quantitative estimate of drug-likeness (QED) is 0.808. The summed E-state index contributed by atoms with van der Waals surface area (Å²) in [5, 5.41) is -0.383. The molecule has 1 aromatic carbocycles. The molecule has 0 atom stereocenters. The lowest BCUT2D eigenvalue weighted by Gasteiger charge is -2.49. The molecule has 0 aliphatic carbocycles. The average molecular weight is 352 g/mol. The van der Waals surface area contributed by atoms with Crippen LogP contribution in [0.5, 0.6) is 0 Å². The van der Waals surface area contributed by atoms with Crippen molar-refractivity contribution in [3.05, 3.63) is 24.3 Å². The van der Waals surface area contributed by atoms with E-state index in [0.29, 0.717) is 10.9 Å². The molecule has 2 heterocycles. The lowest BCUT2D eigenvalue weighted by atomic mass is 10.0. The fourth-order valence-corrected chi connectivity index (χ4v) is 4.57. The zero-order chi connectivity index (χ0) is 17.3. The third-order valence-electron chi connectivity index (χ3n) is 5.36. The predicted octanol–water partition coefficient (Wildman–Crippen LogP) is 1.69. The molecule has 0 N–H and O–H groups in total. The highest BCUT2D eigenvalue weighted by molar-refractivity contribution is 7.92. The second-order valence-corrected chi connectivity index (χ2v) is 9.62. The van der Waals surface area contributed by atoms with Crippen molar-refractivity contribution in [2.75, 3.05) is 50.7 Å². The minimum absolute atomic E-state index is 0.383. The van der Waals surface area contributed by atoms with Gasteiger partial charge in [-0.05, 0) is 38.6 Å². The fraction of sp³-hybridized carbons (Fsp3) is 0.667. The molecule has 1 aromatic rings. The zero-order valence-corrected chi connectivity index (χ0v) is 15.8. The highest BCUT2D eigenvalue weighted by Gasteiger charge is 2.33. The van der Waals surface area contributed by atoms with Crippen molar-refractivity contribution in [2.45, 2.75) is 37.0 Å². The zero-order valence-electron chi connectivity index (χ0n) is 15.0. The molecule has 5 nitrogen and oxygen atoms in total. The van der Waals surface area contributed by atoms with Crippen molar-refractivity contribution >= 4 is 15.5 Å². The minimum atomic E-state index is -3.20. The van der Waals surface area contributed by atoms with Crippen molar-refractivity contribution in [3.63, 3.8) is 0 Å². The van der Waals surface area contributed by atoms with E-state index in [2.05, 4.69) is 21.6 Å². The molecule has 0 saturated carbocycles. The van der Waals surface area contributed by atoms with Crippen LogP contribution in [0.4, 0.5) is 5.69 Å². The summed E-state index contributed by atoms with van der Waals surface area (Å²) < 4.78 is 24.7. The maximum atomic E-state index is 12.4. The summed E-state index contributed by atoms with van der Waals surface area (Å²) in [5.74, 6) is 0. The standard InChI is InChI=1S/C18H29N3O2S/c1-4-19-8-10-20(11-9-19)17-13-21(14-17)16-6-5-7-18(12-16)24(22,23)15(2)3/h5-7,12,15,17H,4,8-11,13-14H2,1-3H3. The lowest BCUT2D eigenvalue weighted by molar-refractivity contribution is 0.0861. The minimum Gasteiger partial charge on any atom is -0.368 e. The molecule has 0 amide bonds. The number of likely N-dealkylation sites (N-methyl/N-ethyl adjacent to an activating group) is 1. The maximum Gasteiger partial charge on any atom is 0.180 e. The first-order valence-corrected chi connectivity index (χ1v) is 10.5. The Kier molecular flexibility index (Phi) is 5.18. The van der Waals surface area contributed by atoms with Gasteiger partial charge in [-0.2, -0.15) is 0 Å². The third kappa shape index (κ3) is 3.46. The Morgan fingerprint density at radius 1 is 1.12 bits per heavy atom. The number of sulfone groups is 1. The molecule has 0 unspecified atom stereocenters. The molecule has 2 aliphatic rings. The van der Waals surface area contributed by atoms with Crippen LogP contribution >= 0.6 is 0 Å². The van der Waals surface area contributed by atoms with Gasteiger partial charge in [0, 0.05) is 51.0 Å². The van der Waals surface area contributed by atoms with Gasteiger partial charge in [0.25, 0.3) is 0 Å². The molecule has 2 fully saturated rings. The number of anilines is 1. The van der Waals surface area contributed by atoms with Gasteiger partial charge in [-0.1, -0.05) is 13.0 Å². The summed E-state index contributed by atoms with van der Waals surface area (Å²) >= 11 is 0. The van der Waals surface area contributed by atoms with E-state index < -0.39 is 9.84 Å². The molecule has 134 valence electrons. The fourth-order valence-electron chi connectivity index (χ4n) is 3.47. The molecule has 0 aromatic heterocycles. The number of benzene rings is 1. The van der Waals surface area contributed by atoms with Crippen LogP contribution in [0.25, 0.3) is 0 Å². The number of piperazine rings is 1. The van der Waals surface area contributed by atoms with Gasteiger partial charge in [0.2, 0.25) is 0 Å². The molecule has 0 bridgehead atoms. The van der Waals surface area contributed by atoms with E-state index in [9.17, 15) is 8.42 Å². The molecule has 0 radical (unpaired) electrons. The van der Waals surface area contributed by atoms with E-state index in [1.807, 2.05) is 18.2 Å². The van der Waals surface area contributed by atoms with E-state index in [4.69, 9.17) is 0 Å². The topological polar surface area (TPSA) is 43.9 Å². The highest BCUT2D eigenvalue weighted by Crippen LogP contribution is 2.27. The van der Waals surface area contributed by atoms with Crippen LogP contribution in [-0.2, 0) is 9.84 Å². The van der Waals surface area contributed by atoms with E-state index in [1.165, 1.54) is 0 Å². The van der Waals surface area contributed by atoms with Crippen molar-refractivity contribution in [3.8, 4) is 0 Å². The second-order valence-electron chi connectivity index (χ2n) is 7.12. The monoisotopic (exact) mass is 351 g/mol. The summed E-state index contributed by atoms with van der Waals surface area (Å²) in [6.45, 7) is 13.4. The van der Waals surface area contributed by atoms with Gasteiger partial charge in [0.1, 0.15) is 0 Å². The molecule has 3 rings (SSSR count). The Hall–Kier alpha value is -1.11. The van der Waals surface area contributed by atoms with Crippen molar-refractivity contribution in [1.29, 1.82) is 0 Å². The van der Waals surface area contributed by atoms with Crippen LogP contribution in [0.3, 0.4) is 0 Å². The Morgan fingerprint density at radius 3 is 2.38 bits per heavy atom. The van der Waals surface area contributed by atoms with Gasteiger partial charge in [-0.25, -0.2) is 8.42 Å². The Labute approximate surface area is 146 Å². The van der Waals surface area contributed by atoms with E-state index in [1.54, 1.807) is 19.9 Å². The van der Waals surface area contributed by atoms with Crippen LogP contribution in [-0.4, -0.2) is 75.3 Å². The van der Waals surface area contributed by atoms with Crippen molar-refractivity contribution in [2.24, 2.45) is 0 Å². The molecule has 6 heteroatoms. The number of rotatable bonds is 5. The Balaban J connectivity index is 1.60. The van der Waals surface area contributed by atoms with Gasteiger partial charge in [-0.15, -0.1) is 0 Å². The van der Waals surface area contributed by atoms with Gasteiger partial charge in [0.15, 0.2) is 9.84 Å². The number of nitrogens with zero attached hydrogens (tertiary/aromatic N) is 3. The molecular formula is C18H29N3O2S. The second kappa shape index (κ2) is 7.02. The Morgan fingerprint density at radius 2 is 1.79 bits per heavy atom. The number of hydrogen-bond acceptors (Lipinski definition) is 5. The van der Waals surface area contributed by atoms with E-state index in [-0.39, 0.29) is 5.25 Å².